The largest absolute Gasteiger partial charge is 0.493 e. The predicted molar refractivity (Wildman–Crippen MR) is 112 cm³/mol. The quantitative estimate of drug-likeness (QED) is 0.474. The Labute approximate surface area is 167 Å². The fourth-order valence-electron chi connectivity index (χ4n) is 3.14. The summed E-state index contributed by atoms with van der Waals surface area (Å²) in [7, 11) is 5.58. The third-order valence-electron chi connectivity index (χ3n) is 4.51. The molecule has 29 heavy (non-hydrogen) atoms. The van der Waals surface area contributed by atoms with E-state index in [0.29, 0.717) is 51.7 Å². The lowest BCUT2D eigenvalue weighted by atomic mass is 10.0. The number of nitrogens with two attached hydrogens (primary N) is 2. The summed E-state index contributed by atoms with van der Waals surface area (Å²) in [5.74, 6) is 1.21. The van der Waals surface area contributed by atoms with Crippen LogP contribution < -0.4 is 20.9 Å². The normalized spacial score (nSPS) is 11.4. The Morgan fingerprint density at radius 1 is 1.07 bits per heavy atom. The lowest BCUT2D eigenvalue weighted by Gasteiger charge is -2.15. The molecule has 0 bridgehead atoms. The van der Waals surface area contributed by atoms with E-state index in [1.165, 1.54) is 6.33 Å². The van der Waals surface area contributed by atoms with Gasteiger partial charge in [0.15, 0.2) is 17.1 Å². The molecule has 2 aromatic heterocycles. The van der Waals surface area contributed by atoms with Gasteiger partial charge in [-0.05, 0) is 26.2 Å². The number of benzene rings is 2. The lowest BCUT2D eigenvalue weighted by molar-refractivity contribution is 0.251. The molecule has 0 fully saturated rings. The molecule has 0 aliphatic heterocycles. The molecule has 0 aliphatic rings. The Hall–Kier alpha value is -3.59. The van der Waals surface area contributed by atoms with Crippen molar-refractivity contribution in [3.05, 3.63) is 30.6 Å². The number of hydrogen-bond donors (Lipinski definition) is 2. The monoisotopic (exact) mass is 394 g/mol. The van der Waals surface area contributed by atoms with Crippen molar-refractivity contribution in [3.8, 4) is 22.8 Å². The van der Waals surface area contributed by atoms with Gasteiger partial charge in [-0.2, -0.15) is 4.98 Å². The van der Waals surface area contributed by atoms with Gasteiger partial charge in [0.05, 0.1) is 18.3 Å². The molecule has 150 valence electrons. The molecule has 2 heterocycles. The van der Waals surface area contributed by atoms with Crippen molar-refractivity contribution in [2.24, 2.45) is 0 Å². The van der Waals surface area contributed by atoms with Crippen LogP contribution in [0.4, 0.5) is 11.7 Å². The fraction of sp³-hybridized carbons (Fsp3) is 0.250. The molecule has 4 N–H and O–H groups in total. The highest BCUT2D eigenvalue weighted by molar-refractivity contribution is 6.02. The highest BCUT2D eigenvalue weighted by Crippen LogP contribution is 2.38. The summed E-state index contributed by atoms with van der Waals surface area (Å²) < 4.78 is 16.9. The smallest absolute Gasteiger partial charge is 0.293 e. The van der Waals surface area contributed by atoms with E-state index in [0.717, 1.165) is 11.9 Å². The maximum atomic E-state index is 6.05. The summed E-state index contributed by atoms with van der Waals surface area (Å²) in [4.78, 5) is 15.2. The first kappa shape index (κ1) is 18.8. The standard InChI is InChI=1S/C20H22N6O3/c1-26(2)4-5-28-16-9-14-12(8-15(16)27-3)18(24-10-23-14)13-6-11(21)7-17-19(13)25-20(22)29-17/h6-10H,4-5,21H2,1-3H3,(H2,22,25). The van der Waals surface area contributed by atoms with Crippen molar-refractivity contribution in [3.63, 3.8) is 0 Å². The van der Waals surface area contributed by atoms with Crippen LogP contribution in [0.3, 0.4) is 0 Å². The van der Waals surface area contributed by atoms with Crippen LogP contribution in [-0.2, 0) is 0 Å². The Bertz CT molecular complexity index is 1190. The first-order chi connectivity index (χ1) is 14.0. The van der Waals surface area contributed by atoms with Crippen molar-refractivity contribution in [1.29, 1.82) is 0 Å². The number of aromatic nitrogens is 3. The van der Waals surface area contributed by atoms with E-state index in [4.69, 9.17) is 25.4 Å². The number of fused-ring (bicyclic) bond motifs is 2. The average Bonchev–Trinajstić information content (AvgIpc) is 3.05. The number of methoxy groups -OCH3 is 1. The molecule has 9 heteroatoms. The summed E-state index contributed by atoms with van der Waals surface area (Å²) in [5, 5.41) is 0.776. The van der Waals surface area contributed by atoms with Crippen molar-refractivity contribution < 1.29 is 13.9 Å². The van der Waals surface area contributed by atoms with Gasteiger partial charge < -0.3 is 30.3 Å². The maximum Gasteiger partial charge on any atom is 0.293 e. The molecule has 0 unspecified atom stereocenters. The van der Waals surface area contributed by atoms with Gasteiger partial charge in [-0.1, -0.05) is 0 Å². The molecule has 0 saturated heterocycles. The van der Waals surface area contributed by atoms with Crippen LogP contribution in [0.2, 0.25) is 0 Å². The van der Waals surface area contributed by atoms with Gasteiger partial charge in [-0.3, -0.25) is 0 Å². The van der Waals surface area contributed by atoms with Gasteiger partial charge in [0.25, 0.3) is 6.01 Å². The third-order valence-corrected chi connectivity index (χ3v) is 4.51. The van der Waals surface area contributed by atoms with E-state index in [-0.39, 0.29) is 6.01 Å². The number of rotatable bonds is 6. The molecule has 0 radical (unpaired) electrons. The van der Waals surface area contributed by atoms with Crippen molar-refractivity contribution >= 4 is 33.7 Å². The van der Waals surface area contributed by atoms with Crippen LogP contribution in [0, 0.1) is 0 Å². The molecule has 0 aliphatic carbocycles. The van der Waals surface area contributed by atoms with E-state index in [2.05, 4.69) is 15.0 Å². The van der Waals surface area contributed by atoms with Crippen molar-refractivity contribution in [1.82, 2.24) is 19.9 Å². The van der Waals surface area contributed by atoms with E-state index in [9.17, 15) is 0 Å². The number of nitrogen functional groups attached to an aromatic ring is 2. The van der Waals surface area contributed by atoms with Crippen LogP contribution in [0.15, 0.2) is 35.0 Å². The topological polar surface area (TPSA) is 126 Å². The van der Waals surface area contributed by atoms with Crippen LogP contribution in [0.25, 0.3) is 33.3 Å². The number of nitrogens with zero attached hydrogens (tertiary/aromatic N) is 4. The van der Waals surface area contributed by atoms with Gasteiger partial charge in [0.2, 0.25) is 0 Å². The second kappa shape index (κ2) is 7.44. The highest BCUT2D eigenvalue weighted by atomic mass is 16.5. The van der Waals surface area contributed by atoms with Crippen LogP contribution in [0.5, 0.6) is 11.5 Å². The summed E-state index contributed by atoms with van der Waals surface area (Å²) in [6, 6.07) is 7.24. The second-order valence-corrected chi connectivity index (χ2v) is 6.86. The summed E-state index contributed by atoms with van der Waals surface area (Å²) >= 11 is 0. The van der Waals surface area contributed by atoms with Crippen molar-refractivity contribution in [2.75, 3.05) is 45.8 Å². The van der Waals surface area contributed by atoms with E-state index in [1.807, 2.05) is 31.1 Å². The van der Waals surface area contributed by atoms with E-state index >= 15 is 0 Å². The molecule has 0 spiro atoms. The minimum atomic E-state index is 0.0689. The fourth-order valence-corrected chi connectivity index (χ4v) is 3.14. The summed E-state index contributed by atoms with van der Waals surface area (Å²) in [6.07, 6.45) is 1.49. The highest BCUT2D eigenvalue weighted by Gasteiger charge is 2.17. The minimum Gasteiger partial charge on any atom is -0.493 e. The Balaban J connectivity index is 1.87. The zero-order chi connectivity index (χ0) is 20.5. The van der Waals surface area contributed by atoms with Crippen LogP contribution in [-0.4, -0.2) is 54.2 Å². The zero-order valence-corrected chi connectivity index (χ0v) is 16.5. The Kier molecular flexibility index (Phi) is 4.81. The van der Waals surface area contributed by atoms with Crippen LogP contribution >= 0.6 is 0 Å². The Morgan fingerprint density at radius 2 is 1.90 bits per heavy atom. The first-order valence-corrected chi connectivity index (χ1v) is 9.02. The summed E-state index contributed by atoms with van der Waals surface area (Å²) in [5.41, 5.74) is 15.5. The summed E-state index contributed by atoms with van der Waals surface area (Å²) in [6.45, 7) is 1.31. The molecule has 0 amide bonds. The third kappa shape index (κ3) is 3.59. The van der Waals surface area contributed by atoms with Crippen molar-refractivity contribution in [2.45, 2.75) is 0 Å². The molecule has 0 atom stereocenters. The lowest BCUT2D eigenvalue weighted by Crippen LogP contribution is -2.19. The van der Waals surface area contributed by atoms with Gasteiger partial charge in [0, 0.05) is 35.3 Å². The number of anilines is 2. The predicted octanol–water partition coefficient (Wildman–Crippen LogP) is 2.55. The maximum absolute atomic E-state index is 6.05. The number of oxazole rings is 1. The van der Waals surface area contributed by atoms with E-state index < -0.39 is 0 Å². The zero-order valence-electron chi connectivity index (χ0n) is 16.5. The average molecular weight is 394 g/mol. The molecule has 4 aromatic rings. The van der Waals surface area contributed by atoms with Gasteiger partial charge in [-0.15, -0.1) is 0 Å². The Morgan fingerprint density at radius 3 is 2.66 bits per heavy atom. The molecule has 9 nitrogen and oxygen atoms in total. The van der Waals surface area contributed by atoms with E-state index in [1.54, 1.807) is 19.2 Å². The SMILES string of the molecule is COc1cc2c(-c3cc(N)cc4oc(N)nc34)ncnc2cc1OCCN(C)C. The molecule has 2 aromatic carbocycles. The van der Waals surface area contributed by atoms with Gasteiger partial charge >= 0.3 is 0 Å². The van der Waals surface area contributed by atoms with Gasteiger partial charge in [0.1, 0.15) is 18.5 Å². The number of hydrogen-bond acceptors (Lipinski definition) is 9. The first-order valence-electron chi connectivity index (χ1n) is 9.02. The minimum absolute atomic E-state index is 0.0689. The molecular weight excluding hydrogens is 372 g/mol. The molecule has 0 saturated carbocycles. The second-order valence-electron chi connectivity index (χ2n) is 6.86. The van der Waals surface area contributed by atoms with Gasteiger partial charge in [-0.25, -0.2) is 9.97 Å². The number of ether oxygens (including phenoxy) is 2. The van der Waals surface area contributed by atoms with Crippen LogP contribution in [0.1, 0.15) is 0 Å². The molecular formula is C20H22N6O3. The molecule has 4 rings (SSSR count). The number of likely N-dealkylation sites (N-methyl/N-ethyl adjacent to an activating group) is 1.